The molecular weight excluding hydrogens is 283 g/mol. The van der Waals surface area contributed by atoms with Crippen LogP contribution >= 0.6 is 11.6 Å². The van der Waals surface area contributed by atoms with E-state index in [1.807, 2.05) is 6.92 Å². The minimum Gasteiger partial charge on any atom is -0.420 e. The fraction of sp³-hybridized carbons (Fsp3) is 0.231. The van der Waals surface area contributed by atoms with Gasteiger partial charge in [0.2, 0.25) is 0 Å². The Balaban J connectivity index is 2.37. The Morgan fingerprint density at radius 2 is 2.00 bits per heavy atom. The van der Waals surface area contributed by atoms with Crippen LogP contribution in [0, 0.1) is 5.82 Å². The van der Waals surface area contributed by atoms with E-state index in [0.717, 1.165) is 0 Å². The summed E-state index contributed by atoms with van der Waals surface area (Å²) in [5.41, 5.74) is 12.0. The van der Waals surface area contributed by atoms with Crippen LogP contribution in [0.25, 0.3) is 0 Å². The van der Waals surface area contributed by atoms with Gasteiger partial charge in [-0.2, -0.15) is 0 Å². The van der Waals surface area contributed by atoms with E-state index in [9.17, 15) is 4.39 Å². The molecule has 0 aliphatic rings. The lowest BCUT2D eigenvalue weighted by molar-refractivity contribution is 0.406. The second kappa shape index (κ2) is 6.02. The predicted octanol–water partition coefficient (Wildman–Crippen LogP) is 3.05. The smallest absolute Gasteiger partial charge is 0.322 e. The van der Waals surface area contributed by atoms with Crippen molar-refractivity contribution in [2.75, 3.05) is 5.73 Å². The molecule has 7 heteroatoms. The molecule has 1 aromatic carbocycles. The predicted molar refractivity (Wildman–Crippen MR) is 75.1 cm³/mol. The summed E-state index contributed by atoms with van der Waals surface area (Å²) in [4.78, 5) is 7.67. The van der Waals surface area contributed by atoms with Crippen molar-refractivity contribution in [2.45, 2.75) is 19.4 Å². The lowest BCUT2D eigenvalue weighted by Gasteiger charge is -2.14. The minimum atomic E-state index is -0.604. The highest BCUT2D eigenvalue weighted by molar-refractivity contribution is 6.32. The summed E-state index contributed by atoms with van der Waals surface area (Å²) in [6, 6.07) is 2.61. The Morgan fingerprint density at radius 3 is 2.60 bits per heavy atom. The van der Waals surface area contributed by atoms with Gasteiger partial charge >= 0.3 is 6.01 Å². The van der Waals surface area contributed by atoms with Crippen LogP contribution in [0.5, 0.6) is 11.8 Å². The minimum absolute atomic E-state index is 0.0396. The summed E-state index contributed by atoms with van der Waals surface area (Å²) in [6.07, 6.45) is 3.31. The van der Waals surface area contributed by atoms with Crippen molar-refractivity contribution in [1.82, 2.24) is 9.97 Å². The Morgan fingerprint density at radius 1 is 1.35 bits per heavy atom. The first-order valence-corrected chi connectivity index (χ1v) is 6.39. The summed E-state index contributed by atoms with van der Waals surface area (Å²) >= 11 is 5.94. The highest BCUT2D eigenvalue weighted by atomic mass is 35.5. The van der Waals surface area contributed by atoms with Gasteiger partial charge in [-0.25, -0.2) is 14.4 Å². The highest BCUT2D eigenvalue weighted by Gasteiger charge is 2.19. The third kappa shape index (κ3) is 2.97. The van der Waals surface area contributed by atoms with Gasteiger partial charge in [0.1, 0.15) is 0 Å². The van der Waals surface area contributed by atoms with Gasteiger partial charge < -0.3 is 16.2 Å². The van der Waals surface area contributed by atoms with Crippen LogP contribution < -0.4 is 16.2 Å². The van der Waals surface area contributed by atoms with Crippen molar-refractivity contribution in [3.05, 3.63) is 40.9 Å². The Kier molecular flexibility index (Phi) is 4.36. The molecule has 1 atom stereocenters. The van der Waals surface area contributed by atoms with Crippen LogP contribution in [0.3, 0.4) is 0 Å². The first kappa shape index (κ1) is 14.5. The molecule has 5 nitrogen and oxygen atoms in total. The monoisotopic (exact) mass is 296 g/mol. The van der Waals surface area contributed by atoms with E-state index < -0.39 is 11.9 Å². The molecular formula is C13H14ClFN4O. The van der Waals surface area contributed by atoms with Crippen LogP contribution in [0.4, 0.5) is 10.1 Å². The van der Waals surface area contributed by atoms with Crippen molar-refractivity contribution in [1.29, 1.82) is 0 Å². The van der Waals surface area contributed by atoms with Crippen LogP contribution in [0.15, 0.2) is 24.5 Å². The normalized spacial score (nSPS) is 12.2. The zero-order chi connectivity index (χ0) is 14.7. The van der Waals surface area contributed by atoms with Gasteiger partial charge in [-0.05, 0) is 12.5 Å². The number of ether oxygens (including phenoxy) is 1. The van der Waals surface area contributed by atoms with E-state index in [0.29, 0.717) is 17.7 Å². The van der Waals surface area contributed by atoms with Crippen molar-refractivity contribution in [3.63, 3.8) is 0 Å². The van der Waals surface area contributed by atoms with E-state index >= 15 is 0 Å². The number of anilines is 1. The van der Waals surface area contributed by atoms with Gasteiger partial charge in [0.25, 0.3) is 0 Å². The third-order valence-electron chi connectivity index (χ3n) is 2.76. The van der Waals surface area contributed by atoms with Gasteiger partial charge in [-0.15, -0.1) is 0 Å². The molecule has 0 aliphatic carbocycles. The summed E-state index contributed by atoms with van der Waals surface area (Å²) in [6.45, 7) is 1.86. The zero-order valence-corrected chi connectivity index (χ0v) is 11.6. The molecule has 106 valence electrons. The topological polar surface area (TPSA) is 87.0 Å². The van der Waals surface area contributed by atoms with Crippen LogP contribution in [0.1, 0.15) is 24.9 Å². The molecule has 2 rings (SSSR count). The largest absolute Gasteiger partial charge is 0.420 e. The summed E-state index contributed by atoms with van der Waals surface area (Å²) < 4.78 is 19.7. The molecule has 2 aromatic rings. The third-order valence-corrected chi connectivity index (χ3v) is 3.06. The standard InChI is InChI=1S/C13H14ClFN4O/c1-2-10(17)8-3-4-9(14)12(11(8)15)20-13-18-5-7(16)6-19-13/h3-6,10H,2,16-17H2,1H3/t10-/m1/s1. The number of nitrogen functional groups attached to an aromatic ring is 1. The first-order valence-electron chi connectivity index (χ1n) is 6.01. The van der Waals surface area contributed by atoms with Crippen molar-refractivity contribution in [3.8, 4) is 11.8 Å². The number of hydrogen-bond donors (Lipinski definition) is 2. The number of nitrogens with zero attached hydrogens (tertiary/aromatic N) is 2. The number of hydrogen-bond acceptors (Lipinski definition) is 5. The zero-order valence-electron chi connectivity index (χ0n) is 10.8. The van der Waals surface area contributed by atoms with E-state index in [4.69, 9.17) is 27.8 Å². The molecule has 20 heavy (non-hydrogen) atoms. The Bertz CT molecular complexity index is 606. The molecule has 0 aliphatic heterocycles. The van der Waals surface area contributed by atoms with E-state index in [2.05, 4.69) is 9.97 Å². The molecule has 0 spiro atoms. The number of rotatable bonds is 4. The molecule has 0 unspecified atom stereocenters. The molecule has 1 aromatic heterocycles. The molecule has 0 saturated carbocycles. The first-order chi connectivity index (χ1) is 9.52. The lowest BCUT2D eigenvalue weighted by atomic mass is 10.0. The number of nitrogens with two attached hydrogens (primary N) is 2. The van der Waals surface area contributed by atoms with Gasteiger partial charge in [0.15, 0.2) is 11.6 Å². The van der Waals surface area contributed by atoms with Gasteiger partial charge in [-0.1, -0.05) is 24.6 Å². The summed E-state index contributed by atoms with van der Waals surface area (Å²) in [5.74, 6) is -0.745. The average Bonchev–Trinajstić information content (AvgIpc) is 2.45. The average molecular weight is 297 g/mol. The molecule has 0 saturated heterocycles. The quantitative estimate of drug-likeness (QED) is 0.905. The van der Waals surface area contributed by atoms with Crippen molar-refractivity contribution < 1.29 is 9.13 Å². The Labute approximate surface area is 120 Å². The second-order valence-corrected chi connectivity index (χ2v) is 4.60. The van der Waals surface area contributed by atoms with Crippen LogP contribution in [0.2, 0.25) is 5.02 Å². The fourth-order valence-corrected chi connectivity index (χ4v) is 1.80. The van der Waals surface area contributed by atoms with E-state index in [1.54, 1.807) is 6.07 Å². The fourth-order valence-electron chi connectivity index (χ4n) is 1.62. The van der Waals surface area contributed by atoms with Crippen LogP contribution in [-0.2, 0) is 0 Å². The maximum absolute atomic E-state index is 14.4. The molecule has 0 fully saturated rings. The summed E-state index contributed by atoms with van der Waals surface area (Å²) in [7, 11) is 0. The molecule has 1 heterocycles. The second-order valence-electron chi connectivity index (χ2n) is 4.20. The SMILES string of the molecule is CC[C@@H](N)c1ccc(Cl)c(Oc2ncc(N)cn2)c1F. The molecule has 0 bridgehead atoms. The molecule has 0 amide bonds. The summed E-state index contributed by atoms with van der Waals surface area (Å²) in [5, 5.41) is 0.120. The Hall–Kier alpha value is -1.92. The lowest BCUT2D eigenvalue weighted by Crippen LogP contribution is -2.11. The van der Waals surface area contributed by atoms with Crippen molar-refractivity contribution >= 4 is 17.3 Å². The molecule has 4 N–H and O–H groups in total. The van der Waals surface area contributed by atoms with Gasteiger partial charge in [0.05, 0.1) is 23.1 Å². The molecule has 0 radical (unpaired) electrons. The maximum atomic E-state index is 14.4. The maximum Gasteiger partial charge on any atom is 0.322 e. The number of benzene rings is 1. The van der Waals surface area contributed by atoms with E-state index in [-0.39, 0.29) is 16.8 Å². The van der Waals surface area contributed by atoms with E-state index in [1.165, 1.54) is 18.5 Å². The van der Waals surface area contributed by atoms with Crippen molar-refractivity contribution in [2.24, 2.45) is 5.73 Å². The number of halogens is 2. The van der Waals surface area contributed by atoms with Gasteiger partial charge in [0, 0.05) is 11.6 Å². The number of aromatic nitrogens is 2. The highest BCUT2D eigenvalue weighted by Crippen LogP contribution is 2.34. The van der Waals surface area contributed by atoms with Gasteiger partial charge in [-0.3, -0.25) is 0 Å². The van der Waals surface area contributed by atoms with Crippen LogP contribution in [-0.4, -0.2) is 9.97 Å².